The van der Waals surface area contributed by atoms with Crippen molar-refractivity contribution in [3.05, 3.63) is 53.4 Å². The third-order valence-corrected chi connectivity index (χ3v) is 7.20. The van der Waals surface area contributed by atoms with Gasteiger partial charge in [-0.05, 0) is 30.7 Å². The van der Waals surface area contributed by atoms with Crippen molar-refractivity contribution in [2.45, 2.75) is 37.6 Å². The van der Waals surface area contributed by atoms with Crippen molar-refractivity contribution in [3.63, 3.8) is 0 Å². The van der Waals surface area contributed by atoms with Gasteiger partial charge in [-0.3, -0.25) is 5.32 Å². The van der Waals surface area contributed by atoms with E-state index in [9.17, 15) is 23.1 Å². The minimum Gasteiger partial charge on any atom is -0.393 e. The molecule has 2 amide bonds. The molecule has 2 aliphatic heterocycles. The number of aromatic nitrogens is 3. The van der Waals surface area contributed by atoms with Crippen molar-refractivity contribution in [1.82, 2.24) is 19.4 Å². The molecule has 2 aromatic heterocycles. The van der Waals surface area contributed by atoms with E-state index in [1.54, 1.807) is 11.2 Å². The number of piperidine rings is 1. The van der Waals surface area contributed by atoms with Crippen LogP contribution in [0.4, 0.5) is 23.1 Å². The zero-order valence-electron chi connectivity index (χ0n) is 17.5. The number of benzene rings is 1. The van der Waals surface area contributed by atoms with Crippen molar-refractivity contribution in [1.29, 1.82) is 0 Å². The molecule has 0 saturated carbocycles. The summed E-state index contributed by atoms with van der Waals surface area (Å²) in [4.78, 5) is 21.7. The normalized spacial score (nSPS) is 19.3. The number of imidazole rings is 1. The lowest BCUT2D eigenvalue weighted by Crippen LogP contribution is -2.43. The Morgan fingerprint density at radius 2 is 2.03 bits per heavy atom. The van der Waals surface area contributed by atoms with Crippen LogP contribution in [0, 0.1) is 5.92 Å². The fourth-order valence-electron chi connectivity index (χ4n) is 4.71. The summed E-state index contributed by atoms with van der Waals surface area (Å²) >= 11 is 0.744. The van der Waals surface area contributed by atoms with Crippen molar-refractivity contribution in [2.75, 3.05) is 18.4 Å². The molecule has 0 spiro atoms. The Kier molecular flexibility index (Phi) is 5.61. The van der Waals surface area contributed by atoms with Gasteiger partial charge in [-0.2, -0.15) is 13.2 Å². The number of hydrogen-bond donors (Lipinski definition) is 2. The number of amides is 2. The summed E-state index contributed by atoms with van der Waals surface area (Å²) in [6.07, 6.45) is 0.332. The topological polar surface area (TPSA) is 83.3 Å². The maximum Gasteiger partial charge on any atom is 0.434 e. The monoisotopic (exact) mass is 477 g/mol. The van der Waals surface area contributed by atoms with E-state index in [4.69, 9.17) is 0 Å². The van der Waals surface area contributed by atoms with E-state index in [1.165, 1.54) is 5.56 Å². The number of likely N-dealkylation sites (tertiary alicyclic amines) is 1. The number of nitrogens with one attached hydrogen (secondary N) is 1. The number of aliphatic hydroxyl groups is 1. The van der Waals surface area contributed by atoms with E-state index in [1.807, 2.05) is 18.3 Å². The molecule has 1 saturated heterocycles. The van der Waals surface area contributed by atoms with Gasteiger partial charge in [0, 0.05) is 24.0 Å². The standard InChI is InChI=1S/C22H22F3N5O2S/c23-22(24,25)19-11-33-20(27-19)28-21(32)29-7-5-13(6-8-29)18(31)9-16-14-3-1-2-4-15(14)17-10-26-12-30(16)17/h1-4,10-13,16,18,31H,5-9H2,(H,27,28,32). The summed E-state index contributed by atoms with van der Waals surface area (Å²) in [7, 11) is 0. The number of hydrogen-bond acceptors (Lipinski definition) is 5. The summed E-state index contributed by atoms with van der Waals surface area (Å²) in [6.45, 7) is 0.839. The van der Waals surface area contributed by atoms with E-state index in [2.05, 4.69) is 32.0 Å². The van der Waals surface area contributed by atoms with Crippen molar-refractivity contribution in [2.24, 2.45) is 5.92 Å². The van der Waals surface area contributed by atoms with E-state index >= 15 is 0 Å². The summed E-state index contributed by atoms with van der Waals surface area (Å²) in [5, 5.41) is 14.2. The highest BCUT2D eigenvalue weighted by Crippen LogP contribution is 2.42. The quantitative estimate of drug-likeness (QED) is 0.574. The second kappa shape index (κ2) is 8.45. The zero-order chi connectivity index (χ0) is 23.2. The van der Waals surface area contributed by atoms with Crippen LogP contribution in [0.5, 0.6) is 0 Å². The van der Waals surface area contributed by atoms with Gasteiger partial charge in [-0.25, -0.2) is 14.8 Å². The third-order valence-electron chi connectivity index (χ3n) is 6.44. The molecule has 2 atom stereocenters. The van der Waals surface area contributed by atoms with Crippen molar-refractivity contribution < 1.29 is 23.1 Å². The number of thiazole rings is 1. The summed E-state index contributed by atoms with van der Waals surface area (Å²) in [5.74, 6) is 0.0329. The average Bonchev–Trinajstić information content (AvgIpc) is 3.52. The van der Waals surface area contributed by atoms with E-state index in [0.29, 0.717) is 32.4 Å². The van der Waals surface area contributed by atoms with Gasteiger partial charge in [-0.15, -0.1) is 11.3 Å². The van der Waals surface area contributed by atoms with Crippen LogP contribution in [-0.2, 0) is 6.18 Å². The van der Waals surface area contributed by atoms with Crippen LogP contribution in [0.25, 0.3) is 11.3 Å². The number of urea groups is 1. The molecule has 2 aliphatic rings. The second-order valence-corrected chi connectivity index (χ2v) is 9.24. The van der Waals surface area contributed by atoms with Crippen molar-refractivity contribution >= 4 is 22.5 Å². The molecule has 0 radical (unpaired) electrons. The first-order valence-corrected chi connectivity index (χ1v) is 11.6. The minimum atomic E-state index is -4.54. The number of aliphatic hydroxyl groups excluding tert-OH is 1. The van der Waals surface area contributed by atoms with E-state index < -0.39 is 24.0 Å². The third kappa shape index (κ3) is 4.22. The van der Waals surface area contributed by atoms with Gasteiger partial charge in [0.1, 0.15) is 0 Å². The van der Waals surface area contributed by atoms with Crippen LogP contribution in [0.3, 0.4) is 0 Å². The minimum absolute atomic E-state index is 0.0164. The zero-order valence-corrected chi connectivity index (χ0v) is 18.3. The number of anilines is 1. The molecule has 3 aromatic rings. The first kappa shape index (κ1) is 21.9. The number of nitrogens with zero attached hydrogens (tertiary/aromatic N) is 4. The molecule has 4 heterocycles. The van der Waals surface area contributed by atoms with E-state index in [0.717, 1.165) is 28.0 Å². The molecular formula is C22H22F3N5O2S. The van der Waals surface area contributed by atoms with Gasteiger partial charge in [0.25, 0.3) is 0 Å². The lowest BCUT2D eigenvalue weighted by molar-refractivity contribution is -0.140. The fraction of sp³-hybridized carbons (Fsp3) is 0.409. The molecule has 5 rings (SSSR count). The van der Waals surface area contributed by atoms with Crippen LogP contribution in [0.1, 0.15) is 36.6 Å². The Bertz CT molecular complexity index is 1150. The smallest absolute Gasteiger partial charge is 0.393 e. The predicted molar refractivity (Wildman–Crippen MR) is 117 cm³/mol. The van der Waals surface area contributed by atoms with Crippen LogP contribution < -0.4 is 5.32 Å². The highest BCUT2D eigenvalue weighted by Gasteiger charge is 2.35. The Hall–Kier alpha value is -2.92. The number of alkyl halides is 3. The van der Waals surface area contributed by atoms with Gasteiger partial charge in [0.2, 0.25) is 0 Å². The number of fused-ring (bicyclic) bond motifs is 3. The maximum atomic E-state index is 12.7. The summed E-state index contributed by atoms with van der Waals surface area (Å²) < 4.78 is 40.2. The molecule has 0 aliphatic carbocycles. The lowest BCUT2D eigenvalue weighted by Gasteiger charge is -2.35. The molecule has 2 N–H and O–H groups in total. The Morgan fingerprint density at radius 1 is 1.27 bits per heavy atom. The molecular weight excluding hydrogens is 455 g/mol. The highest BCUT2D eigenvalue weighted by molar-refractivity contribution is 7.13. The largest absolute Gasteiger partial charge is 0.434 e. The molecule has 7 nitrogen and oxygen atoms in total. The summed E-state index contributed by atoms with van der Waals surface area (Å²) in [5.41, 5.74) is 2.34. The second-order valence-electron chi connectivity index (χ2n) is 8.38. The lowest BCUT2D eigenvalue weighted by atomic mass is 9.86. The number of carbonyl (C=O) groups is 1. The fourth-order valence-corrected chi connectivity index (χ4v) is 5.42. The molecule has 11 heteroatoms. The molecule has 0 bridgehead atoms. The van der Waals surface area contributed by atoms with E-state index in [-0.39, 0.29) is 17.1 Å². The predicted octanol–water partition coefficient (Wildman–Crippen LogP) is 4.62. The van der Waals surface area contributed by atoms with Gasteiger partial charge < -0.3 is 14.6 Å². The Labute approximate surface area is 191 Å². The van der Waals surface area contributed by atoms with Gasteiger partial charge in [-0.1, -0.05) is 24.3 Å². The van der Waals surface area contributed by atoms with Gasteiger partial charge in [0.05, 0.1) is 30.4 Å². The molecule has 1 fully saturated rings. The number of carbonyl (C=O) groups excluding carboxylic acids is 1. The Morgan fingerprint density at radius 3 is 2.76 bits per heavy atom. The average molecular weight is 478 g/mol. The molecule has 2 unspecified atom stereocenters. The Balaban J connectivity index is 1.17. The molecule has 174 valence electrons. The van der Waals surface area contributed by atoms with Gasteiger partial charge in [0.15, 0.2) is 10.8 Å². The number of rotatable bonds is 4. The highest BCUT2D eigenvalue weighted by atomic mass is 32.1. The van der Waals surface area contributed by atoms with Crippen LogP contribution in [-0.4, -0.2) is 49.8 Å². The van der Waals surface area contributed by atoms with Crippen LogP contribution in [0.2, 0.25) is 0 Å². The van der Waals surface area contributed by atoms with Crippen LogP contribution in [0.15, 0.2) is 42.2 Å². The van der Waals surface area contributed by atoms with Gasteiger partial charge >= 0.3 is 12.2 Å². The first-order chi connectivity index (χ1) is 15.8. The first-order valence-electron chi connectivity index (χ1n) is 10.7. The van der Waals surface area contributed by atoms with Crippen LogP contribution >= 0.6 is 11.3 Å². The molecule has 1 aromatic carbocycles. The maximum absolute atomic E-state index is 12.7. The summed E-state index contributed by atoms with van der Waals surface area (Å²) in [6, 6.07) is 7.67. The number of halogens is 3. The SMILES string of the molecule is O=C(Nc1nc(C(F)(F)F)cs1)N1CCC(C(O)CC2c3ccccc3-c3cncn32)CC1. The molecule has 33 heavy (non-hydrogen) atoms. The van der Waals surface area contributed by atoms with Crippen molar-refractivity contribution in [3.8, 4) is 11.3 Å².